The molecule has 0 radical (unpaired) electrons. The summed E-state index contributed by atoms with van der Waals surface area (Å²) in [5, 5.41) is 0. The maximum absolute atomic E-state index is 12.9. The molecular weight excluding hydrogens is 913 g/mol. The van der Waals surface area contributed by atoms with Crippen LogP contribution < -0.4 is 0 Å². The smallest absolute Gasteiger partial charge is 0.306 e. The summed E-state index contributed by atoms with van der Waals surface area (Å²) in [4.78, 5) is 38.3. The van der Waals surface area contributed by atoms with Gasteiger partial charge in [0.05, 0.1) is 0 Å². The monoisotopic (exact) mass is 1030 g/mol. The third kappa shape index (κ3) is 59.2. The molecule has 74 heavy (non-hydrogen) atoms. The first-order valence-electron chi connectivity index (χ1n) is 31.2. The Morgan fingerprint density at radius 2 is 0.527 bits per heavy atom. The molecule has 6 heteroatoms. The van der Waals surface area contributed by atoms with Gasteiger partial charge in [0.1, 0.15) is 13.2 Å². The van der Waals surface area contributed by atoms with Crippen LogP contribution in [0.15, 0.2) is 97.2 Å². The van der Waals surface area contributed by atoms with E-state index in [0.29, 0.717) is 12.8 Å². The molecule has 0 saturated carbocycles. The number of ether oxygens (including phenoxy) is 3. The highest BCUT2D eigenvalue weighted by atomic mass is 16.6. The first-order chi connectivity index (χ1) is 36.5. The number of hydrogen-bond donors (Lipinski definition) is 0. The van der Waals surface area contributed by atoms with Crippen LogP contribution in [0.5, 0.6) is 0 Å². The molecule has 0 aromatic carbocycles. The fraction of sp³-hybridized carbons (Fsp3) is 0.721. The molecule has 0 aromatic rings. The topological polar surface area (TPSA) is 78.9 Å². The summed E-state index contributed by atoms with van der Waals surface area (Å²) in [5.41, 5.74) is 0. The number of unbranched alkanes of at least 4 members (excludes halogenated alkanes) is 29. The van der Waals surface area contributed by atoms with Crippen LogP contribution in [0.3, 0.4) is 0 Å². The lowest BCUT2D eigenvalue weighted by atomic mass is 10.0. The predicted octanol–water partition coefficient (Wildman–Crippen LogP) is 21.3. The van der Waals surface area contributed by atoms with Crippen molar-refractivity contribution in [2.24, 2.45) is 0 Å². The fourth-order valence-corrected chi connectivity index (χ4v) is 8.61. The predicted molar refractivity (Wildman–Crippen MR) is 320 cm³/mol. The van der Waals surface area contributed by atoms with Crippen molar-refractivity contribution in [2.45, 2.75) is 303 Å². The molecule has 0 aliphatic rings. The summed E-state index contributed by atoms with van der Waals surface area (Å²) in [6.45, 7) is 6.49. The zero-order chi connectivity index (χ0) is 53.6. The van der Waals surface area contributed by atoms with E-state index in [1.807, 2.05) is 0 Å². The highest BCUT2D eigenvalue weighted by Crippen LogP contribution is 2.15. The zero-order valence-electron chi connectivity index (χ0n) is 48.6. The largest absolute Gasteiger partial charge is 0.462 e. The van der Waals surface area contributed by atoms with Gasteiger partial charge in [0.25, 0.3) is 0 Å². The Bertz CT molecular complexity index is 1460. The summed E-state index contributed by atoms with van der Waals surface area (Å²) in [6, 6.07) is 0. The molecule has 0 spiro atoms. The summed E-state index contributed by atoms with van der Waals surface area (Å²) >= 11 is 0. The maximum Gasteiger partial charge on any atom is 0.306 e. The first-order valence-corrected chi connectivity index (χ1v) is 31.2. The van der Waals surface area contributed by atoms with Crippen LogP contribution in [0.1, 0.15) is 297 Å². The summed E-state index contributed by atoms with van der Waals surface area (Å²) in [6.07, 6.45) is 82.6. The fourth-order valence-electron chi connectivity index (χ4n) is 8.61. The van der Waals surface area contributed by atoms with Gasteiger partial charge in [0, 0.05) is 19.3 Å². The summed E-state index contributed by atoms with van der Waals surface area (Å²) < 4.78 is 16.9. The number of allylic oxidation sites excluding steroid dienone is 16. The first kappa shape index (κ1) is 70.3. The van der Waals surface area contributed by atoms with Crippen LogP contribution in [0.4, 0.5) is 0 Å². The van der Waals surface area contributed by atoms with Gasteiger partial charge in [-0.3, -0.25) is 14.4 Å². The maximum atomic E-state index is 12.9. The van der Waals surface area contributed by atoms with Gasteiger partial charge in [0.15, 0.2) is 6.10 Å². The Balaban J connectivity index is 4.41. The van der Waals surface area contributed by atoms with Gasteiger partial charge in [-0.25, -0.2) is 0 Å². The molecule has 424 valence electrons. The molecule has 0 aliphatic heterocycles. The van der Waals surface area contributed by atoms with Crippen molar-refractivity contribution < 1.29 is 28.6 Å². The van der Waals surface area contributed by atoms with Crippen LogP contribution in [-0.2, 0) is 28.6 Å². The minimum absolute atomic E-state index is 0.0944. The van der Waals surface area contributed by atoms with E-state index < -0.39 is 6.10 Å². The Labute approximate surface area is 457 Å². The number of hydrogen-bond acceptors (Lipinski definition) is 6. The van der Waals surface area contributed by atoms with Crippen LogP contribution >= 0.6 is 0 Å². The van der Waals surface area contributed by atoms with Gasteiger partial charge < -0.3 is 14.2 Å². The van der Waals surface area contributed by atoms with Crippen molar-refractivity contribution in [1.82, 2.24) is 0 Å². The molecular formula is C68H116O6. The second-order valence-electron chi connectivity index (χ2n) is 20.6. The number of rotatable bonds is 56. The van der Waals surface area contributed by atoms with Crippen LogP contribution in [0, 0.1) is 0 Å². The molecule has 0 aliphatic carbocycles. The average molecular weight is 1030 g/mol. The molecule has 1 unspecified atom stereocenters. The Morgan fingerprint density at radius 1 is 0.284 bits per heavy atom. The highest BCUT2D eigenvalue weighted by molar-refractivity contribution is 5.71. The molecule has 0 bridgehead atoms. The van der Waals surface area contributed by atoms with Gasteiger partial charge >= 0.3 is 17.9 Å². The van der Waals surface area contributed by atoms with Gasteiger partial charge in [0.2, 0.25) is 0 Å². The van der Waals surface area contributed by atoms with E-state index in [9.17, 15) is 14.4 Å². The molecule has 0 heterocycles. The van der Waals surface area contributed by atoms with E-state index >= 15 is 0 Å². The molecule has 0 fully saturated rings. The van der Waals surface area contributed by atoms with E-state index in [2.05, 4.69) is 118 Å². The van der Waals surface area contributed by atoms with E-state index in [4.69, 9.17) is 14.2 Å². The van der Waals surface area contributed by atoms with Crippen molar-refractivity contribution in [3.63, 3.8) is 0 Å². The molecule has 1 atom stereocenters. The van der Waals surface area contributed by atoms with Gasteiger partial charge in [-0.1, -0.05) is 253 Å². The van der Waals surface area contributed by atoms with Gasteiger partial charge in [-0.2, -0.15) is 0 Å². The lowest BCUT2D eigenvalue weighted by Crippen LogP contribution is -2.30. The second-order valence-corrected chi connectivity index (χ2v) is 20.6. The third-order valence-electron chi connectivity index (χ3n) is 13.3. The molecule has 0 rings (SSSR count). The van der Waals surface area contributed by atoms with E-state index in [0.717, 1.165) is 109 Å². The third-order valence-corrected chi connectivity index (χ3v) is 13.3. The average Bonchev–Trinajstić information content (AvgIpc) is 3.40. The van der Waals surface area contributed by atoms with E-state index in [1.165, 1.54) is 148 Å². The molecule has 6 nitrogen and oxygen atoms in total. The Kier molecular flexibility index (Phi) is 58.8. The minimum Gasteiger partial charge on any atom is -0.462 e. The van der Waals surface area contributed by atoms with E-state index in [1.54, 1.807) is 0 Å². The lowest BCUT2D eigenvalue weighted by Gasteiger charge is -2.18. The van der Waals surface area contributed by atoms with Crippen LogP contribution in [-0.4, -0.2) is 37.2 Å². The Hall–Kier alpha value is -3.67. The normalized spacial score (nSPS) is 12.7. The Morgan fingerprint density at radius 3 is 0.851 bits per heavy atom. The number of carbonyl (C=O) groups excluding carboxylic acids is 3. The lowest BCUT2D eigenvalue weighted by molar-refractivity contribution is -0.167. The van der Waals surface area contributed by atoms with Crippen molar-refractivity contribution in [3.8, 4) is 0 Å². The number of esters is 3. The van der Waals surface area contributed by atoms with Crippen molar-refractivity contribution >= 4 is 17.9 Å². The van der Waals surface area contributed by atoms with Crippen LogP contribution in [0.25, 0.3) is 0 Å². The van der Waals surface area contributed by atoms with Crippen molar-refractivity contribution in [1.29, 1.82) is 0 Å². The zero-order valence-corrected chi connectivity index (χ0v) is 48.6. The van der Waals surface area contributed by atoms with Crippen molar-refractivity contribution in [3.05, 3.63) is 97.2 Å². The van der Waals surface area contributed by atoms with Crippen LogP contribution in [0.2, 0.25) is 0 Å². The molecule has 0 amide bonds. The summed E-state index contributed by atoms with van der Waals surface area (Å²) in [5.74, 6) is -0.930. The second kappa shape index (κ2) is 61.9. The quantitative estimate of drug-likeness (QED) is 0.0261. The van der Waals surface area contributed by atoms with E-state index in [-0.39, 0.29) is 37.5 Å². The standard InChI is InChI=1S/C68H116O6/c1-4-7-10-13-16-19-22-25-28-30-32-33-34-35-37-38-40-43-46-49-52-55-58-61-67(70)73-64-65(63-72-66(69)60-57-54-51-48-45-42-27-24-21-18-15-12-9-6-3)74-68(71)62-59-56-53-50-47-44-41-39-36-31-29-26-23-20-17-14-11-8-5-2/h8,11,17,20,22,24-27,29-30,32,36,39,44,47,65H,4-7,9-10,12-16,18-19,21,23,28,31,33-35,37-38,40-43,45-46,48-64H2,1-3H3/b11-8-,20-17-,25-22-,27-24-,29-26-,32-30-,39-36-,47-44-. The summed E-state index contributed by atoms with van der Waals surface area (Å²) in [7, 11) is 0. The molecule has 0 N–H and O–H groups in total. The number of carbonyl (C=O) groups is 3. The van der Waals surface area contributed by atoms with Crippen molar-refractivity contribution in [2.75, 3.05) is 13.2 Å². The SMILES string of the molecule is CC/C=C\C/C=C\C/C=C\C/C=C\C/C=C\CCCCCC(=O)OC(COC(=O)CCCCCCC/C=C\CCCCCCC)COC(=O)CCCCCCCCCCCCC/C=C\C/C=C\CCCCCCC. The minimum atomic E-state index is -0.801. The highest BCUT2D eigenvalue weighted by Gasteiger charge is 2.19. The molecule has 0 aromatic heterocycles. The van der Waals surface area contributed by atoms with Gasteiger partial charge in [-0.05, 0) is 122 Å². The van der Waals surface area contributed by atoms with Gasteiger partial charge in [-0.15, -0.1) is 0 Å². The molecule has 0 saturated heterocycles.